The average molecular weight is 351 g/mol. The van der Waals surface area contributed by atoms with E-state index < -0.39 is 0 Å². The third-order valence-electron chi connectivity index (χ3n) is 3.37. The summed E-state index contributed by atoms with van der Waals surface area (Å²) in [5.74, 6) is 7.28. The van der Waals surface area contributed by atoms with Crippen molar-refractivity contribution in [2.75, 3.05) is 14.2 Å². The van der Waals surface area contributed by atoms with Crippen molar-refractivity contribution in [2.24, 2.45) is 5.84 Å². The van der Waals surface area contributed by atoms with Crippen LogP contribution in [0.15, 0.2) is 46.9 Å². The lowest BCUT2D eigenvalue weighted by Gasteiger charge is -2.21. The molecule has 112 valence electrons. The number of halogens is 1. The van der Waals surface area contributed by atoms with E-state index in [0.29, 0.717) is 0 Å². The molecule has 0 fully saturated rings. The second-order valence-corrected chi connectivity index (χ2v) is 5.54. The Labute approximate surface area is 133 Å². The molecule has 0 radical (unpaired) electrons. The molecule has 0 aliphatic carbocycles. The topological polar surface area (TPSA) is 56.5 Å². The first-order chi connectivity index (χ1) is 10.2. The van der Waals surface area contributed by atoms with Gasteiger partial charge in [-0.25, -0.2) is 0 Å². The molecule has 0 saturated heterocycles. The fraction of sp³-hybridized carbons (Fsp3) is 0.250. The van der Waals surface area contributed by atoms with Crippen molar-refractivity contribution in [3.8, 4) is 11.5 Å². The number of hydrazine groups is 1. The minimum Gasteiger partial charge on any atom is -0.496 e. The Morgan fingerprint density at radius 3 is 2.10 bits per heavy atom. The first kappa shape index (κ1) is 15.8. The molecule has 0 bridgehead atoms. The van der Waals surface area contributed by atoms with Crippen LogP contribution in [-0.2, 0) is 6.42 Å². The standard InChI is InChI=1S/C16H19BrN2O2/c1-20-14-4-3-5-15(21-2)16(14)13(19-18)10-11-6-8-12(17)9-7-11/h3-9,13,19H,10,18H2,1-2H3. The highest BCUT2D eigenvalue weighted by Gasteiger charge is 2.20. The summed E-state index contributed by atoms with van der Waals surface area (Å²) in [7, 11) is 3.29. The first-order valence-corrected chi connectivity index (χ1v) is 7.40. The molecule has 2 rings (SSSR count). The molecule has 0 saturated carbocycles. The minimum atomic E-state index is -0.0997. The van der Waals surface area contributed by atoms with Gasteiger partial charge in [0.05, 0.1) is 25.8 Å². The second kappa shape index (κ2) is 7.45. The molecule has 1 unspecified atom stereocenters. The van der Waals surface area contributed by atoms with Gasteiger partial charge in [-0.1, -0.05) is 34.1 Å². The molecule has 2 aromatic rings. The molecule has 0 spiro atoms. The highest BCUT2D eigenvalue weighted by Crippen LogP contribution is 2.35. The van der Waals surface area contributed by atoms with Crippen molar-refractivity contribution in [1.29, 1.82) is 0 Å². The van der Waals surface area contributed by atoms with Gasteiger partial charge in [-0.15, -0.1) is 0 Å². The lowest BCUT2D eigenvalue weighted by Crippen LogP contribution is -2.30. The number of benzene rings is 2. The summed E-state index contributed by atoms with van der Waals surface area (Å²) in [4.78, 5) is 0. The van der Waals surface area contributed by atoms with Crippen LogP contribution in [-0.4, -0.2) is 14.2 Å². The molecule has 21 heavy (non-hydrogen) atoms. The maximum Gasteiger partial charge on any atom is 0.127 e. The lowest BCUT2D eigenvalue weighted by atomic mass is 9.97. The van der Waals surface area contributed by atoms with E-state index in [2.05, 4.69) is 33.5 Å². The van der Waals surface area contributed by atoms with Crippen LogP contribution in [0.1, 0.15) is 17.2 Å². The third-order valence-corrected chi connectivity index (χ3v) is 3.90. The maximum absolute atomic E-state index is 5.76. The molecule has 1 atom stereocenters. The van der Waals surface area contributed by atoms with Crippen LogP contribution >= 0.6 is 15.9 Å². The van der Waals surface area contributed by atoms with Gasteiger partial charge < -0.3 is 9.47 Å². The number of rotatable bonds is 6. The number of methoxy groups -OCH3 is 2. The van der Waals surface area contributed by atoms with E-state index in [0.717, 1.165) is 28.0 Å². The quantitative estimate of drug-likeness (QED) is 0.620. The number of ether oxygens (including phenoxy) is 2. The van der Waals surface area contributed by atoms with Crippen molar-refractivity contribution in [2.45, 2.75) is 12.5 Å². The Morgan fingerprint density at radius 2 is 1.62 bits per heavy atom. The second-order valence-electron chi connectivity index (χ2n) is 4.63. The van der Waals surface area contributed by atoms with Gasteiger partial charge in [-0.3, -0.25) is 11.3 Å². The summed E-state index contributed by atoms with van der Waals surface area (Å²) in [6, 6.07) is 13.8. The molecular weight excluding hydrogens is 332 g/mol. The van der Waals surface area contributed by atoms with Gasteiger partial charge in [-0.05, 0) is 36.2 Å². The van der Waals surface area contributed by atoms with Gasteiger partial charge in [0.1, 0.15) is 11.5 Å². The summed E-state index contributed by atoms with van der Waals surface area (Å²) in [6.45, 7) is 0. The predicted molar refractivity (Wildman–Crippen MR) is 87.5 cm³/mol. The van der Waals surface area contributed by atoms with Crippen LogP contribution < -0.4 is 20.7 Å². The fourth-order valence-corrected chi connectivity index (χ4v) is 2.59. The first-order valence-electron chi connectivity index (χ1n) is 6.61. The molecule has 0 heterocycles. The van der Waals surface area contributed by atoms with Gasteiger partial charge in [-0.2, -0.15) is 0 Å². The van der Waals surface area contributed by atoms with E-state index in [1.165, 1.54) is 5.56 Å². The van der Waals surface area contributed by atoms with Crippen LogP contribution in [0.25, 0.3) is 0 Å². The normalized spacial score (nSPS) is 12.0. The Hall–Kier alpha value is -1.56. The highest BCUT2D eigenvalue weighted by atomic mass is 79.9. The van der Waals surface area contributed by atoms with E-state index >= 15 is 0 Å². The minimum absolute atomic E-state index is 0.0997. The summed E-state index contributed by atoms with van der Waals surface area (Å²) < 4.78 is 11.9. The smallest absolute Gasteiger partial charge is 0.127 e. The van der Waals surface area contributed by atoms with Gasteiger partial charge in [0.15, 0.2) is 0 Å². The monoisotopic (exact) mass is 350 g/mol. The Balaban J connectivity index is 2.34. The van der Waals surface area contributed by atoms with E-state index in [1.807, 2.05) is 30.3 Å². The molecule has 0 aliphatic heterocycles. The Morgan fingerprint density at radius 1 is 1.05 bits per heavy atom. The predicted octanol–water partition coefficient (Wildman–Crippen LogP) is 3.21. The highest BCUT2D eigenvalue weighted by molar-refractivity contribution is 9.10. The largest absolute Gasteiger partial charge is 0.496 e. The molecule has 2 aromatic carbocycles. The number of hydrogen-bond acceptors (Lipinski definition) is 4. The average Bonchev–Trinajstić information content (AvgIpc) is 2.53. The molecule has 0 aliphatic rings. The molecule has 4 nitrogen and oxygen atoms in total. The molecular formula is C16H19BrN2O2. The van der Waals surface area contributed by atoms with Crippen LogP contribution in [0.5, 0.6) is 11.5 Å². The zero-order chi connectivity index (χ0) is 15.2. The number of nitrogens with two attached hydrogens (primary N) is 1. The zero-order valence-electron chi connectivity index (χ0n) is 12.1. The van der Waals surface area contributed by atoms with E-state index in [-0.39, 0.29) is 6.04 Å². The SMILES string of the molecule is COc1cccc(OC)c1C(Cc1ccc(Br)cc1)NN. The van der Waals surface area contributed by atoms with Crippen molar-refractivity contribution in [1.82, 2.24) is 5.43 Å². The van der Waals surface area contributed by atoms with Gasteiger partial charge in [0.2, 0.25) is 0 Å². The molecule has 5 heteroatoms. The number of hydrogen-bond donors (Lipinski definition) is 2. The van der Waals surface area contributed by atoms with Crippen LogP contribution in [0, 0.1) is 0 Å². The van der Waals surface area contributed by atoms with Crippen LogP contribution in [0.3, 0.4) is 0 Å². The van der Waals surface area contributed by atoms with E-state index in [1.54, 1.807) is 14.2 Å². The zero-order valence-corrected chi connectivity index (χ0v) is 13.7. The number of nitrogens with one attached hydrogen (secondary N) is 1. The van der Waals surface area contributed by atoms with Crippen molar-refractivity contribution in [3.63, 3.8) is 0 Å². The molecule has 3 N–H and O–H groups in total. The van der Waals surface area contributed by atoms with Gasteiger partial charge >= 0.3 is 0 Å². The summed E-state index contributed by atoms with van der Waals surface area (Å²) in [5.41, 5.74) is 4.96. The fourth-order valence-electron chi connectivity index (χ4n) is 2.32. The maximum atomic E-state index is 5.76. The third kappa shape index (κ3) is 3.75. The van der Waals surface area contributed by atoms with Gasteiger partial charge in [0, 0.05) is 4.47 Å². The van der Waals surface area contributed by atoms with Crippen molar-refractivity contribution < 1.29 is 9.47 Å². The van der Waals surface area contributed by atoms with Crippen molar-refractivity contribution >= 4 is 15.9 Å². The Bertz CT molecular complexity index is 565. The summed E-state index contributed by atoms with van der Waals surface area (Å²) in [5, 5.41) is 0. The summed E-state index contributed by atoms with van der Waals surface area (Å²) >= 11 is 3.44. The molecule has 0 aromatic heterocycles. The van der Waals surface area contributed by atoms with Crippen LogP contribution in [0.2, 0.25) is 0 Å². The van der Waals surface area contributed by atoms with E-state index in [4.69, 9.17) is 15.3 Å². The molecule has 0 amide bonds. The summed E-state index contributed by atoms with van der Waals surface area (Å²) in [6.07, 6.45) is 0.737. The Kier molecular flexibility index (Phi) is 5.61. The lowest BCUT2D eigenvalue weighted by molar-refractivity contribution is 0.370. The van der Waals surface area contributed by atoms with Crippen molar-refractivity contribution in [3.05, 3.63) is 58.1 Å². The van der Waals surface area contributed by atoms with Crippen LogP contribution in [0.4, 0.5) is 0 Å². The van der Waals surface area contributed by atoms with E-state index in [9.17, 15) is 0 Å². The van der Waals surface area contributed by atoms with Gasteiger partial charge in [0.25, 0.3) is 0 Å².